The maximum Gasteiger partial charge on any atom is 0.200 e. The first-order valence-corrected chi connectivity index (χ1v) is 4.46. The summed E-state index contributed by atoms with van der Waals surface area (Å²) >= 11 is 0. The molecule has 0 heterocycles. The topological polar surface area (TPSA) is 37.3 Å². The Balaban J connectivity index is 0. The van der Waals surface area contributed by atoms with Crippen LogP contribution in [0.5, 0.6) is 0 Å². The Morgan fingerprint density at radius 2 is 1.62 bits per heavy atom. The zero-order valence-corrected chi connectivity index (χ0v) is 9.29. The molecule has 0 saturated carbocycles. The van der Waals surface area contributed by atoms with Crippen molar-refractivity contribution in [1.29, 1.82) is 0 Å². The summed E-state index contributed by atoms with van der Waals surface area (Å²) in [4.78, 5) is 8.69. The van der Waals surface area contributed by atoms with Gasteiger partial charge in [-0.3, -0.25) is 4.57 Å². The number of hydrogen-bond donors (Lipinski definition) is 1. The molecular formula is C4H11O2PZn. The fourth-order valence-electron chi connectivity index (χ4n) is 0.224. The molecule has 0 bridgehead atoms. The average molecular weight is 187 g/mol. The van der Waals surface area contributed by atoms with Gasteiger partial charge in [0.05, 0.1) is 0 Å². The third-order valence-corrected chi connectivity index (χ3v) is 2.96. The summed E-state index contributed by atoms with van der Waals surface area (Å²) in [5.74, 6) is 0. The molecule has 0 aliphatic rings. The van der Waals surface area contributed by atoms with Gasteiger partial charge in [-0.15, -0.1) is 0 Å². The second-order valence-corrected chi connectivity index (χ2v) is 4.44. The van der Waals surface area contributed by atoms with Gasteiger partial charge in [0, 0.05) is 31.8 Å². The molecule has 0 radical (unpaired) electrons. The van der Waals surface area contributed by atoms with Crippen LogP contribution in [0.2, 0.25) is 0 Å². The molecule has 0 aromatic carbocycles. The van der Waals surface area contributed by atoms with E-state index in [1.54, 1.807) is 13.8 Å². The van der Waals surface area contributed by atoms with Crippen LogP contribution in [0.15, 0.2) is 0 Å². The molecule has 0 spiro atoms. The molecular weight excluding hydrogens is 176 g/mol. The minimum absolute atomic E-state index is 0. The molecule has 4 heteroatoms. The molecule has 0 aromatic heterocycles. The molecule has 0 aromatic rings. The summed E-state index contributed by atoms with van der Waals surface area (Å²) in [6.07, 6.45) is 0.812. The first kappa shape index (κ1) is 11.6. The van der Waals surface area contributed by atoms with Gasteiger partial charge >= 0.3 is 0 Å². The van der Waals surface area contributed by atoms with Gasteiger partial charge < -0.3 is 4.89 Å². The monoisotopic (exact) mass is 186 g/mol. The first-order chi connectivity index (χ1) is 3.12. The van der Waals surface area contributed by atoms with E-state index < -0.39 is 7.37 Å². The van der Waals surface area contributed by atoms with Crippen molar-refractivity contribution < 1.29 is 28.9 Å². The van der Waals surface area contributed by atoms with Crippen molar-refractivity contribution in [1.82, 2.24) is 0 Å². The normalized spacial score (nSPS) is 10.4. The van der Waals surface area contributed by atoms with E-state index in [9.17, 15) is 4.57 Å². The van der Waals surface area contributed by atoms with Crippen molar-refractivity contribution in [3.63, 3.8) is 0 Å². The molecule has 0 saturated heterocycles. The van der Waals surface area contributed by atoms with Crippen LogP contribution < -0.4 is 0 Å². The standard InChI is InChI=1S/C4H11O2P.Zn/c1-3-7(5,6)4-2;/h3-4H2,1-2H3,(H,5,6);. The van der Waals surface area contributed by atoms with Crippen LogP contribution in [0.3, 0.4) is 0 Å². The molecule has 0 rings (SSSR count). The predicted octanol–water partition coefficient (Wildman–Crippen LogP) is 1.29. The zero-order chi connectivity index (χ0) is 5.91. The van der Waals surface area contributed by atoms with Gasteiger partial charge in [0.15, 0.2) is 7.37 Å². The van der Waals surface area contributed by atoms with Crippen molar-refractivity contribution in [3.05, 3.63) is 0 Å². The van der Waals surface area contributed by atoms with E-state index in [4.69, 9.17) is 4.89 Å². The van der Waals surface area contributed by atoms with E-state index in [1.807, 2.05) is 0 Å². The third kappa shape index (κ3) is 4.96. The molecule has 0 aliphatic carbocycles. The van der Waals surface area contributed by atoms with Crippen LogP contribution in [0, 0.1) is 0 Å². The first-order valence-electron chi connectivity index (χ1n) is 2.43. The van der Waals surface area contributed by atoms with Crippen LogP contribution in [0.25, 0.3) is 0 Å². The second-order valence-electron chi connectivity index (χ2n) is 1.48. The third-order valence-electron chi connectivity index (χ3n) is 0.988. The minimum atomic E-state index is -2.65. The maximum absolute atomic E-state index is 10.5. The van der Waals surface area contributed by atoms with E-state index in [0.29, 0.717) is 12.3 Å². The van der Waals surface area contributed by atoms with Crippen molar-refractivity contribution in [2.75, 3.05) is 12.3 Å². The molecule has 0 amide bonds. The van der Waals surface area contributed by atoms with Gasteiger partial charge in [-0.05, 0) is 0 Å². The Labute approximate surface area is 62.9 Å². The largest absolute Gasteiger partial charge is 0.344 e. The van der Waals surface area contributed by atoms with E-state index in [-0.39, 0.29) is 19.5 Å². The van der Waals surface area contributed by atoms with Gasteiger partial charge in [-0.25, -0.2) is 0 Å². The second kappa shape index (κ2) is 4.67. The Hall–Kier alpha value is 0.813. The summed E-state index contributed by atoms with van der Waals surface area (Å²) in [6.45, 7) is 3.45. The smallest absolute Gasteiger partial charge is 0.200 e. The predicted molar refractivity (Wildman–Crippen MR) is 30.9 cm³/mol. The fraction of sp³-hybridized carbons (Fsp3) is 1.00. The number of hydrogen-bond acceptors (Lipinski definition) is 1. The van der Waals surface area contributed by atoms with E-state index in [2.05, 4.69) is 0 Å². The van der Waals surface area contributed by atoms with E-state index >= 15 is 0 Å². The summed E-state index contributed by atoms with van der Waals surface area (Å²) in [5.41, 5.74) is 0. The van der Waals surface area contributed by atoms with E-state index in [1.165, 1.54) is 0 Å². The molecule has 2 nitrogen and oxygen atoms in total. The van der Waals surface area contributed by atoms with Gasteiger partial charge in [0.25, 0.3) is 0 Å². The molecule has 46 valence electrons. The van der Waals surface area contributed by atoms with Gasteiger partial charge in [-0.2, -0.15) is 0 Å². The molecule has 0 atom stereocenters. The molecule has 0 aliphatic heterocycles. The van der Waals surface area contributed by atoms with E-state index in [0.717, 1.165) is 0 Å². The molecule has 0 fully saturated rings. The minimum Gasteiger partial charge on any atom is -0.344 e. The quantitative estimate of drug-likeness (QED) is 0.523. The SMILES string of the molecule is CCP(=O)(O)CC.[Zn]. The van der Waals surface area contributed by atoms with Crippen LogP contribution >= 0.6 is 7.37 Å². The van der Waals surface area contributed by atoms with Crippen molar-refractivity contribution in [3.8, 4) is 0 Å². The Morgan fingerprint density at radius 1 is 1.38 bits per heavy atom. The average Bonchev–Trinajstić information content (AvgIpc) is 1.68. The van der Waals surface area contributed by atoms with Crippen LogP contribution in [0.1, 0.15) is 13.8 Å². The number of rotatable bonds is 2. The van der Waals surface area contributed by atoms with Crippen molar-refractivity contribution in [2.45, 2.75) is 13.8 Å². The zero-order valence-electron chi connectivity index (χ0n) is 5.42. The van der Waals surface area contributed by atoms with Gasteiger partial charge in [-0.1, -0.05) is 13.8 Å². The fourth-order valence-corrected chi connectivity index (χ4v) is 0.671. The van der Waals surface area contributed by atoms with Crippen LogP contribution in [-0.2, 0) is 24.0 Å². The summed E-state index contributed by atoms with van der Waals surface area (Å²) in [6, 6.07) is 0. The van der Waals surface area contributed by atoms with Crippen LogP contribution in [-0.4, -0.2) is 17.2 Å². The maximum atomic E-state index is 10.5. The van der Waals surface area contributed by atoms with Gasteiger partial charge in [0.2, 0.25) is 0 Å². The Bertz CT molecular complexity index is 86.0. The van der Waals surface area contributed by atoms with Crippen molar-refractivity contribution >= 4 is 7.37 Å². The summed E-state index contributed by atoms with van der Waals surface area (Å²) in [7, 11) is -2.65. The molecule has 0 unspecified atom stereocenters. The molecule has 8 heavy (non-hydrogen) atoms. The van der Waals surface area contributed by atoms with Gasteiger partial charge in [0.1, 0.15) is 0 Å². The summed E-state index contributed by atoms with van der Waals surface area (Å²) < 4.78 is 10.5. The summed E-state index contributed by atoms with van der Waals surface area (Å²) in [5, 5.41) is 0. The van der Waals surface area contributed by atoms with Crippen LogP contribution in [0.4, 0.5) is 0 Å². The Morgan fingerprint density at radius 3 is 1.62 bits per heavy atom. The Kier molecular flexibility index (Phi) is 6.77. The van der Waals surface area contributed by atoms with Crippen molar-refractivity contribution in [2.24, 2.45) is 0 Å². The molecule has 1 N–H and O–H groups in total.